The van der Waals surface area contributed by atoms with Crippen molar-refractivity contribution in [3.05, 3.63) is 40.4 Å². The number of aromatic nitrogens is 2. The molecule has 0 saturated carbocycles. The van der Waals surface area contributed by atoms with E-state index >= 15 is 0 Å². The topological polar surface area (TPSA) is 69.3 Å². The van der Waals surface area contributed by atoms with Crippen LogP contribution in [-0.2, 0) is 11.3 Å². The number of likely N-dealkylation sites (N-methyl/N-ethyl adjacent to an activating group) is 2. The summed E-state index contributed by atoms with van der Waals surface area (Å²) in [5.41, 5.74) is 0.477. The van der Waals surface area contributed by atoms with Gasteiger partial charge in [-0.25, -0.2) is 4.98 Å². The molecule has 1 aromatic carbocycles. The number of hydrogen-bond donors (Lipinski definition) is 1. The van der Waals surface area contributed by atoms with E-state index in [-0.39, 0.29) is 17.5 Å². The van der Waals surface area contributed by atoms with Crippen LogP contribution in [0.25, 0.3) is 10.9 Å². The zero-order valence-corrected chi connectivity index (χ0v) is 13.4. The summed E-state index contributed by atoms with van der Waals surface area (Å²) in [6.07, 6.45) is 0. The summed E-state index contributed by atoms with van der Waals surface area (Å²) in [6.45, 7) is 0.300. The number of thioether (sulfide) groups is 1. The molecule has 1 saturated heterocycles. The number of fused-ring (bicyclic) bond motifs is 1. The van der Waals surface area contributed by atoms with Crippen LogP contribution in [0.1, 0.15) is 5.82 Å². The van der Waals surface area contributed by atoms with Crippen molar-refractivity contribution in [3.63, 3.8) is 0 Å². The highest BCUT2D eigenvalue weighted by molar-refractivity contribution is 7.99. The average Bonchev–Trinajstić information content (AvgIpc) is 2.92. The van der Waals surface area contributed by atoms with Crippen LogP contribution in [0.5, 0.6) is 0 Å². The summed E-state index contributed by atoms with van der Waals surface area (Å²) in [7, 11) is 3.70. The smallest absolute Gasteiger partial charge is 0.258 e. The second kappa shape index (κ2) is 6.10. The van der Waals surface area contributed by atoms with Gasteiger partial charge in [0.25, 0.3) is 5.56 Å². The SMILES string of the molecule is CN(Cc1nc2ccccc2c(=O)[nH]1)C(=O)[C@@H]1CSCN1C. The first kappa shape index (κ1) is 15.1. The van der Waals surface area contributed by atoms with E-state index in [1.54, 1.807) is 35.8 Å². The Bertz CT molecular complexity index is 761. The molecule has 1 aliphatic heterocycles. The number of nitrogens with zero attached hydrogens (tertiary/aromatic N) is 3. The summed E-state index contributed by atoms with van der Waals surface area (Å²) in [4.78, 5) is 35.4. The summed E-state index contributed by atoms with van der Waals surface area (Å²) < 4.78 is 0. The molecule has 2 aromatic rings. The predicted octanol–water partition coefficient (Wildman–Crippen LogP) is 0.886. The monoisotopic (exact) mass is 318 g/mol. The van der Waals surface area contributed by atoms with Crippen molar-refractivity contribution in [2.75, 3.05) is 25.7 Å². The van der Waals surface area contributed by atoms with E-state index in [9.17, 15) is 9.59 Å². The zero-order valence-electron chi connectivity index (χ0n) is 12.6. The van der Waals surface area contributed by atoms with Gasteiger partial charge in [0.2, 0.25) is 5.91 Å². The molecule has 1 atom stereocenters. The number of benzene rings is 1. The number of rotatable bonds is 3. The van der Waals surface area contributed by atoms with Gasteiger partial charge in [-0.2, -0.15) is 0 Å². The van der Waals surface area contributed by atoms with E-state index in [1.165, 1.54) is 0 Å². The third kappa shape index (κ3) is 2.86. The van der Waals surface area contributed by atoms with Gasteiger partial charge in [-0.15, -0.1) is 11.8 Å². The Labute approximate surface area is 132 Å². The molecule has 0 spiro atoms. The maximum absolute atomic E-state index is 12.5. The quantitative estimate of drug-likeness (QED) is 0.910. The van der Waals surface area contributed by atoms with Crippen molar-refractivity contribution in [1.82, 2.24) is 19.8 Å². The van der Waals surface area contributed by atoms with Crippen molar-refractivity contribution >= 4 is 28.6 Å². The lowest BCUT2D eigenvalue weighted by Gasteiger charge is -2.24. The minimum atomic E-state index is -0.171. The molecule has 0 aliphatic carbocycles. The molecular formula is C15H18N4O2S. The molecule has 1 amide bonds. The first-order valence-corrected chi connectivity index (χ1v) is 8.22. The van der Waals surface area contributed by atoms with E-state index in [2.05, 4.69) is 9.97 Å². The van der Waals surface area contributed by atoms with Gasteiger partial charge in [-0.1, -0.05) is 12.1 Å². The standard InChI is InChI=1S/C15H18N4O2S/c1-18(15(21)12-8-22-9-19(12)2)7-13-16-11-6-4-3-5-10(11)14(20)17-13/h3-6,12H,7-9H2,1-2H3,(H,16,17,20)/t12-/m0/s1. The van der Waals surface area contributed by atoms with Gasteiger partial charge in [0, 0.05) is 18.7 Å². The number of H-pyrrole nitrogens is 1. The Morgan fingerprint density at radius 3 is 3.00 bits per heavy atom. The lowest BCUT2D eigenvalue weighted by molar-refractivity contribution is -0.134. The van der Waals surface area contributed by atoms with Gasteiger partial charge in [-0.3, -0.25) is 14.5 Å². The second-order valence-electron chi connectivity index (χ2n) is 5.50. The fraction of sp³-hybridized carbons (Fsp3) is 0.400. The van der Waals surface area contributed by atoms with Crippen LogP contribution in [0.15, 0.2) is 29.1 Å². The maximum Gasteiger partial charge on any atom is 0.258 e. The van der Waals surface area contributed by atoms with E-state index in [4.69, 9.17) is 0 Å². The molecule has 2 heterocycles. The molecular weight excluding hydrogens is 300 g/mol. The van der Waals surface area contributed by atoms with Crippen molar-refractivity contribution in [2.45, 2.75) is 12.6 Å². The second-order valence-corrected chi connectivity index (χ2v) is 6.50. The Balaban J connectivity index is 1.80. The van der Waals surface area contributed by atoms with Gasteiger partial charge in [0.1, 0.15) is 5.82 Å². The van der Waals surface area contributed by atoms with Gasteiger partial charge in [-0.05, 0) is 19.2 Å². The predicted molar refractivity (Wildman–Crippen MR) is 87.7 cm³/mol. The van der Waals surface area contributed by atoms with Gasteiger partial charge in [0.05, 0.1) is 23.5 Å². The van der Waals surface area contributed by atoms with Crippen LogP contribution in [-0.4, -0.2) is 57.4 Å². The lowest BCUT2D eigenvalue weighted by Crippen LogP contribution is -2.43. The van der Waals surface area contributed by atoms with Crippen LogP contribution in [0.3, 0.4) is 0 Å². The van der Waals surface area contributed by atoms with Crippen molar-refractivity contribution in [1.29, 1.82) is 0 Å². The van der Waals surface area contributed by atoms with Gasteiger partial charge >= 0.3 is 0 Å². The minimum Gasteiger partial charge on any atom is -0.337 e. The minimum absolute atomic E-state index is 0.0586. The normalized spacial score (nSPS) is 18.7. The van der Waals surface area contributed by atoms with Crippen LogP contribution in [0.4, 0.5) is 0 Å². The van der Waals surface area contributed by atoms with Crippen molar-refractivity contribution in [2.24, 2.45) is 0 Å². The van der Waals surface area contributed by atoms with Gasteiger partial charge in [0.15, 0.2) is 0 Å². The molecule has 3 rings (SSSR count). The number of para-hydroxylation sites is 1. The van der Waals surface area contributed by atoms with E-state index in [0.717, 1.165) is 11.6 Å². The number of carbonyl (C=O) groups is 1. The largest absolute Gasteiger partial charge is 0.337 e. The average molecular weight is 318 g/mol. The van der Waals surface area contributed by atoms with Gasteiger partial charge < -0.3 is 9.88 Å². The molecule has 1 aliphatic rings. The third-order valence-electron chi connectivity index (χ3n) is 3.81. The highest BCUT2D eigenvalue weighted by Crippen LogP contribution is 2.20. The van der Waals surface area contributed by atoms with Crippen LogP contribution in [0.2, 0.25) is 0 Å². The first-order chi connectivity index (χ1) is 10.6. The number of carbonyl (C=O) groups excluding carboxylic acids is 1. The molecule has 6 nitrogen and oxygen atoms in total. The Morgan fingerprint density at radius 2 is 2.27 bits per heavy atom. The fourth-order valence-corrected chi connectivity index (χ4v) is 3.75. The number of aromatic amines is 1. The molecule has 7 heteroatoms. The van der Waals surface area contributed by atoms with Crippen molar-refractivity contribution < 1.29 is 4.79 Å². The van der Waals surface area contributed by atoms with E-state index < -0.39 is 0 Å². The summed E-state index contributed by atoms with van der Waals surface area (Å²) in [6, 6.07) is 7.10. The number of nitrogens with one attached hydrogen (secondary N) is 1. The zero-order chi connectivity index (χ0) is 15.7. The summed E-state index contributed by atoms with van der Waals surface area (Å²) in [5.74, 6) is 2.24. The fourth-order valence-electron chi connectivity index (χ4n) is 2.55. The number of hydrogen-bond acceptors (Lipinski definition) is 5. The number of amides is 1. The Hall–Kier alpha value is -1.86. The molecule has 1 fully saturated rings. The summed E-state index contributed by atoms with van der Waals surface area (Å²) >= 11 is 1.75. The molecule has 0 unspecified atom stereocenters. The van der Waals surface area contributed by atoms with Crippen LogP contribution < -0.4 is 5.56 Å². The Morgan fingerprint density at radius 1 is 1.50 bits per heavy atom. The molecule has 0 bridgehead atoms. The highest BCUT2D eigenvalue weighted by atomic mass is 32.2. The molecule has 1 N–H and O–H groups in total. The maximum atomic E-state index is 12.5. The first-order valence-electron chi connectivity index (χ1n) is 7.07. The van der Waals surface area contributed by atoms with Crippen LogP contribution >= 0.6 is 11.8 Å². The Kier molecular flexibility index (Phi) is 4.17. The van der Waals surface area contributed by atoms with E-state index in [0.29, 0.717) is 23.3 Å². The molecule has 116 valence electrons. The summed E-state index contributed by atoms with van der Waals surface area (Å²) in [5, 5.41) is 0.562. The van der Waals surface area contributed by atoms with Crippen molar-refractivity contribution in [3.8, 4) is 0 Å². The lowest BCUT2D eigenvalue weighted by atomic mass is 10.2. The van der Waals surface area contributed by atoms with E-state index in [1.807, 2.05) is 24.1 Å². The van der Waals surface area contributed by atoms with Crippen LogP contribution in [0, 0.1) is 0 Å². The molecule has 0 radical (unpaired) electrons. The third-order valence-corrected chi connectivity index (χ3v) is 4.95. The molecule has 22 heavy (non-hydrogen) atoms. The molecule has 1 aromatic heterocycles. The highest BCUT2D eigenvalue weighted by Gasteiger charge is 2.30.